The van der Waals surface area contributed by atoms with Crippen LogP contribution in [-0.4, -0.2) is 5.97 Å². The van der Waals surface area contributed by atoms with Crippen molar-refractivity contribution in [3.63, 3.8) is 0 Å². The van der Waals surface area contributed by atoms with Gasteiger partial charge in [-0.15, -0.1) is 0 Å². The van der Waals surface area contributed by atoms with Crippen LogP contribution < -0.4 is 4.74 Å². The molecule has 0 aliphatic rings. The van der Waals surface area contributed by atoms with Gasteiger partial charge in [0.1, 0.15) is 5.75 Å². The van der Waals surface area contributed by atoms with Crippen molar-refractivity contribution in [3.8, 4) is 5.75 Å². The number of hydrogen-bond acceptors (Lipinski definition) is 6. The van der Waals surface area contributed by atoms with Gasteiger partial charge in [-0.3, -0.25) is 0 Å². The van der Waals surface area contributed by atoms with Crippen LogP contribution in [-0.2, 0) is 0 Å². The third kappa shape index (κ3) is 5.77. The van der Waals surface area contributed by atoms with Crippen molar-refractivity contribution in [1.82, 2.24) is 0 Å². The van der Waals surface area contributed by atoms with Crippen molar-refractivity contribution in [2.24, 2.45) is 20.5 Å². The van der Waals surface area contributed by atoms with Gasteiger partial charge < -0.3 is 4.74 Å². The summed E-state index contributed by atoms with van der Waals surface area (Å²) in [6.07, 6.45) is 0. The first-order valence-electron chi connectivity index (χ1n) is 9.62. The van der Waals surface area contributed by atoms with Crippen molar-refractivity contribution in [1.29, 1.82) is 0 Å². The van der Waals surface area contributed by atoms with Crippen molar-refractivity contribution in [3.05, 3.63) is 115 Å². The minimum absolute atomic E-state index is 0.423. The molecule has 0 unspecified atom stereocenters. The Bertz CT molecular complexity index is 1190. The molecule has 0 heterocycles. The molecule has 4 rings (SSSR count). The molecule has 0 spiro atoms. The van der Waals surface area contributed by atoms with Crippen LogP contribution in [0.15, 0.2) is 130 Å². The first-order valence-corrected chi connectivity index (χ1v) is 9.62. The molecule has 0 aliphatic carbocycles. The standard InChI is InChI=1S/C25H18N4O2/c30-25(19-11-13-22(14-12-19)28-26-20-7-3-1-4-8-20)31-24-17-15-23(16-18-24)29-27-21-9-5-2-6-10-21/h1-18H. The highest BCUT2D eigenvalue weighted by Gasteiger charge is 2.08. The molecule has 0 atom stereocenters. The van der Waals surface area contributed by atoms with Gasteiger partial charge in [-0.05, 0) is 72.8 Å². The molecule has 4 aromatic carbocycles. The maximum absolute atomic E-state index is 12.4. The Balaban J connectivity index is 1.35. The van der Waals surface area contributed by atoms with Gasteiger partial charge in [-0.1, -0.05) is 36.4 Å². The van der Waals surface area contributed by atoms with E-state index in [1.807, 2.05) is 60.7 Å². The molecule has 0 bridgehead atoms. The first-order chi connectivity index (χ1) is 15.3. The van der Waals surface area contributed by atoms with Crippen LogP contribution in [0.2, 0.25) is 0 Å². The number of rotatable bonds is 6. The highest BCUT2D eigenvalue weighted by atomic mass is 16.5. The number of nitrogens with zero attached hydrogens (tertiary/aromatic N) is 4. The van der Waals surface area contributed by atoms with E-state index in [9.17, 15) is 4.79 Å². The fourth-order valence-electron chi connectivity index (χ4n) is 2.63. The van der Waals surface area contributed by atoms with Crippen LogP contribution in [0.25, 0.3) is 0 Å². The topological polar surface area (TPSA) is 75.7 Å². The summed E-state index contributed by atoms with van der Waals surface area (Å²) in [5, 5.41) is 16.6. The zero-order valence-electron chi connectivity index (χ0n) is 16.5. The number of carbonyl (C=O) groups excluding carboxylic acids is 1. The third-order valence-corrected chi connectivity index (χ3v) is 4.22. The Morgan fingerprint density at radius 2 is 0.871 bits per heavy atom. The van der Waals surface area contributed by atoms with E-state index < -0.39 is 5.97 Å². The van der Waals surface area contributed by atoms with E-state index >= 15 is 0 Å². The van der Waals surface area contributed by atoms with E-state index in [4.69, 9.17) is 4.74 Å². The molecular formula is C25H18N4O2. The molecule has 31 heavy (non-hydrogen) atoms. The Morgan fingerprint density at radius 1 is 0.484 bits per heavy atom. The van der Waals surface area contributed by atoms with E-state index in [0.29, 0.717) is 22.7 Å². The third-order valence-electron chi connectivity index (χ3n) is 4.22. The second-order valence-corrected chi connectivity index (χ2v) is 6.50. The molecule has 6 nitrogen and oxygen atoms in total. The van der Waals surface area contributed by atoms with E-state index in [2.05, 4.69) is 20.5 Å². The second kappa shape index (κ2) is 9.84. The summed E-state index contributed by atoms with van der Waals surface area (Å²) < 4.78 is 5.42. The van der Waals surface area contributed by atoms with E-state index in [0.717, 1.165) is 11.4 Å². The zero-order valence-corrected chi connectivity index (χ0v) is 16.5. The Kier molecular flexibility index (Phi) is 6.30. The molecule has 0 N–H and O–H groups in total. The average molecular weight is 406 g/mol. The van der Waals surface area contributed by atoms with Gasteiger partial charge in [0.15, 0.2) is 0 Å². The van der Waals surface area contributed by atoms with E-state index in [1.54, 1.807) is 48.5 Å². The van der Waals surface area contributed by atoms with Crippen LogP contribution in [0.3, 0.4) is 0 Å². The molecule has 0 saturated heterocycles. The second-order valence-electron chi connectivity index (χ2n) is 6.50. The average Bonchev–Trinajstić information content (AvgIpc) is 2.84. The molecular weight excluding hydrogens is 388 g/mol. The summed E-state index contributed by atoms with van der Waals surface area (Å²) in [7, 11) is 0. The van der Waals surface area contributed by atoms with Crippen molar-refractivity contribution in [2.75, 3.05) is 0 Å². The molecule has 0 aromatic heterocycles. The number of azo groups is 2. The van der Waals surface area contributed by atoms with Gasteiger partial charge in [0.25, 0.3) is 0 Å². The highest BCUT2D eigenvalue weighted by Crippen LogP contribution is 2.23. The van der Waals surface area contributed by atoms with E-state index in [1.165, 1.54) is 0 Å². The fourth-order valence-corrected chi connectivity index (χ4v) is 2.63. The molecule has 0 radical (unpaired) electrons. The normalized spacial score (nSPS) is 11.1. The van der Waals surface area contributed by atoms with Gasteiger partial charge in [0.05, 0.1) is 28.3 Å². The van der Waals surface area contributed by atoms with Gasteiger partial charge in [0, 0.05) is 0 Å². The maximum Gasteiger partial charge on any atom is 0.343 e. The minimum atomic E-state index is -0.454. The van der Waals surface area contributed by atoms with Gasteiger partial charge >= 0.3 is 5.97 Å². The number of benzene rings is 4. The SMILES string of the molecule is O=C(Oc1ccc(N=Nc2ccccc2)cc1)c1ccc(N=Nc2ccccc2)cc1. The summed E-state index contributed by atoms with van der Waals surface area (Å²) in [5.74, 6) is -0.0262. The summed E-state index contributed by atoms with van der Waals surface area (Å²) in [6.45, 7) is 0. The number of esters is 1. The van der Waals surface area contributed by atoms with Crippen LogP contribution >= 0.6 is 0 Å². The fraction of sp³-hybridized carbons (Fsp3) is 0. The van der Waals surface area contributed by atoms with Gasteiger partial charge in [-0.25, -0.2) is 4.79 Å². The summed E-state index contributed by atoms with van der Waals surface area (Å²) in [5.41, 5.74) is 3.26. The summed E-state index contributed by atoms with van der Waals surface area (Å²) >= 11 is 0. The predicted octanol–water partition coefficient (Wildman–Crippen LogP) is 7.74. The molecule has 0 amide bonds. The summed E-state index contributed by atoms with van der Waals surface area (Å²) in [4.78, 5) is 12.4. The first kappa shape index (κ1) is 19.8. The van der Waals surface area contributed by atoms with E-state index in [-0.39, 0.29) is 0 Å². The molecule has 4 aromatic rings. The maximum atomic E-state index is 12.4. The number of ether oxygens (including phenoxy) is 1. The Labute approximate surface area is 179 Å². The largest absolute Gasteiger partial charge is 0.423 e. The quantitative estimate of drug-likeness (QED) is 0.186. The van der Waals surface area contributed by atoms with Crippen LogP contribution in [0.1, 0.15) is 10.4 Å². The molecule has 0 fully saturated rings. The highest BCUT2D eigenvalue weighted by molar-refractivity contribution is 5.91. The minimum Gasteiger partial charge on any atom is -0.423 e. The van der Waals surface area contributed by atoms with Crippen molar-refractivity contribution < 1.29 is 9.53 Å². The molecule has 150 valence electrons. The van der Waals surface area contributed by atoms with Crippen molar-refractivity contribution in [2.45, 2.75) is 0 Å². The lowest BCUT2D eigenvalue weighted by molar-refractivity contribution is 0.0735. The Hall–Kier alpha value is -4.45. The summed E-state index contributed by atoms with van der Waals surface area (Å²) in [6, 6.07) is 32.5. The lowest BCUT2D eigenvalue weighted by Gasteiger charge is -2.04. The monoisotopic (exact) mass is 406 g/mol. The predicted molar refractivity (Wildman–Crippen MR) is 119 cm³/mol. The molecule has 0 aliphatic heterocycles. The van der Waals surface area contributed by atoms with Crippen LogP contribution in [0.4, 0.5) is 22.7 Å². The van der Waals surface area contributed by atoms with Crippen LogP contribution in [0, 0.1) is 0 Å². The lowest BCUT2D eigenvalue weighted by Crippen LogP contribution is -2.07. The molecule has 0 saturated carbocycles. The smallest absolute Gasteiger partial charge is 0.343 e. The molecule has 6 heteroatoms. The Morgan fingerprint density at radius 3 is 1.32 bits per heavy atom. The number of carbonyl (C=O) groups is 1. The lowest BCUT2D eigenvalue weighted by atomic mass is 10.2. The number of hydrogen-bond donors (Lipinski definition) is 0. The van der Waals surface area contributed by atoms with Gasteiger partial charge in [-0.2, -0.15) is 20.5 Å². The van der Waals surface area contributed by atoms with Crippen LogP contribution in [0.5, 0.6) is 5.75 Å². The zero-order chi connectivity index (χ0) is 21.3. The van der Waals surface area contributed by atoms with Gasteiger partial charge in [0.2, 0.25) is 0 Å². The van der Waals surface area contributed by atoms with Crippen molar-refractivity contribution >= 4 is 28.7 Å².